The van der Waals surface area contributed by atoms with Gasteiger partial charge in [0, 0.05) is 4.88 Å². The molecule has 0 spiro atoms. The summed E-state index contributed by atoms with van der Waals surface area (Å²) in [7, 11) is 1.57. The van der Waals surface area contributed by atoms with Crippen LogP contribution in [0.4, 0.5) is 5.00 Å². The van der Waals surface area contributed by atoms with Crippen molar-refractivity contribution in [1.29, 1.82) is 0 Å². The van der Waals surface area contributed by atoms with Gasteiger partial charge in [0.05, 0.1) is 13.7 Å². The lowest BCUT2D eigenvalue weighted by Gasteiger charge is -2.07. The van der Waals surface area contributed by atoms with Gasteiger partial charge in [-0.25, -0.2) is 15.1 Å². The molecule has 27 heavy (non-hydrogen) atoms. The van der Waals surface area contributed by atoms with Gasteiger partial charge in [-0.05, 0) is 49.2 Å². The summed E-state index contributed by atoms with van der Waals surface area (Å²) in [4.78, 5) is 39.9. The molecule has 1 aromatic heterocycles. The summed E-state index contributed by atoms with van der Waals surface area (Å²) < 4.78 is 10.2. The molecule has 2 N–H and O–H groups in total. The number of methoxy groups -OCH3 is 1. The largest absolute Gasteiger partial charge is 0.497 e. The van der Waals surface area contributed by atoms with Crippen molar-refractivity contribution in [1.82, 2.24) is 0 Å². The molecule has 2 rings (SSSR count). The molecular weight excluding hydrogens is 374 g/mol. The zero-order valence-corrected chi connectivity index (χ0v) is 15.8. The second kappa shape index (κ2) is 9.04. The number of hydrogen-bond donors (Lipinski definition) is 2. The number of aliphatic carboxylic acids is 1. The average molecular weight is 393 g/mol. The lowest BCUT2D eigenvalue weighted by atomic mass is 10.1. The number of carbonyl (C=O) groups is 3. The van der Waals surface area contributed by atoms with Crippen molar-refractivity contribution < 1.29 is 33.8 Å². The number of carbonyl (C=O) groups excluding carboxylic acids is 2. The van der Waals surface area contributed by atoms with Gasteiger partial charge in [-0.2, -0.15) is 0 Å². The third kappa shape index (κ3) is 4.98. The highest BCUT2D eigenvalue weighted by Crippen LogP contribution is 2.40. The summed E-state index contributed by atoms with van der Waals surface area (Å²) >= 11 is 1.19. The molecule has 144 valence electrons. The van der Waals surface area contributed by atoms with Crippen molar-refractivity contribution >= 4 is 34.2 Å². The van der Waals surface area contributed by atoms with Crippen LogP contribution in [0.25, 0.3) is 10.4 Å². The number of hydrogen-bond acceptors (Lipinski definition) is 8. The number of thiophene rings is 1. The minimum Gasteiger partial charge on any atom is -0.497 e. The summed E-state index contributed by atoms with van der Waals surface area (Å²) in [6, 6.07) is 7.26. The van der Waals surface area contributed by atoms with Gasteiger partial charge in [-0.15, -0.1) is 11.3 Å². The smallest absolute Gasteiger partial charge is 0.343 e. The molecule has 1 aromatic carbocycles. The van der Waals surface area contributed by atoms with Crippen molar-refractivity contribution in [3.63, 3.8) is 0 Å². The van der Waals surface area contributed by atoms with Gasteiger partial charge < -0.3 is 19.4 Å². The molecular formula is C18H19NO7S. The van der Waals surface area contributed by atoms with Crippen molar-refractivity contribution in [2.75, 3.05) is 19.2 Å². The van der Waals surface area contributed by atoms with Crippen molar-refractivity contribution in [3.05, 3.63) is 35.4 Å². The van der Waals surface area contributed by atoms with E-state index in [-0.39, 0.29) is 17.2 Å². The fraction of sp³-hybridized carbons (Fsp3) is 0.278. The fourth-order valence-corrected chi connectivity index (χ4v) is 3.45. The summed E-state index contributed by atoms with van der Waals surface area (Å²) in [5, 5.41) is 8.88. The number of benzene rings is 1. The van der Waals surface area contributed by atoms with Crippen molar-refractivity contribution in [2.45, 2.75) is 20.3 Å². The maximum atomic E-state index is 12.3. The Morgan fingerprint density at radius 2 is 1.85 bits per heavy atom. The van der Waals surface area contributed by atoms with E-state index in [9.17, 15) is 14.4 Å². The molecule has 0 unspecified atom stereocenters. The Balaban J connectivity index is 2.36. The molecule has 0 saturated heterocycles. The molecule has 0 saturated carbocycles. The molecule has 9 heteroatoms. The van der Waals surface area contributed by atoms with Crippen LogP contribution < -0.4 is 10.2 Å². The van der Waals surface area contributed by atoms with Crippen LogP contribution in [0.15, 0.2) is 24.3 Å². The summed E-state index contributed by atoms with van der Waals surface area (Å²) in [6.07, 6.45) is -0.794. The highest BCUT2D eigenvalue weighted by molar-refractivity contribution is 7.20. The predicted octanol–water partition coefficient (Wildman–Crippen LogP) is 3.25. The van der Waals surface area contributed by atoms with Gasteiger partial charge in [0.2, 0.25) is 0 Å². The number of esters is 1. The fourth-order valence-electron chi connectivity index (χ4n) is 2.32. The Bertz CT molecular complexity index is 842. The first kappa shape index (κ1) is 20.2. The van der Waals surface area contributed by atoms with E-state index >= 15 is 0 Å². The monoisotopic (exact) mass is 393 g/mol. The molecule has 0 amide bonds. The van der Waals surface area contributed by atoms with Crippen LogP contribution in [0.5, 0.6) is 5.75 Å². The molecule has 0 aliphatic rings. The molecule has 1 heterocycles. The van der Waals surface area contributed by atoms with Crippen LogP contribution in [0.3, 0.4) is 0 Å². The first-order valence-electron chi connectivity index (χ1n) is 7.99. The minimum atomic E-state index is -1.31. The highest BCUT2D eigenvalue weighted by atomic mass is 32.1. The SMILES string of the molecule is CCOC(=O)c1c(NOC(=O)CC(=O)O)sc(-c2ccc(OC)cc2)c1C. The first-order valence-corrected chi connectivity index (χ1v) is 8.81. The molecule has 0 aliphatic carbocycles. The van der Waals surface area contributed by atoms with Gasteiger partial charge in [0.15, 0.2) is 0 Å². The van der Waals surface area contributed by atoms with E-state index in [2.05, 4.69) is 5.48 Å². The van der Waals surface area contributed by atoms with Gasteiger partial charge in [-0.1, -0.05) is 0 Å². The normalized spacial score (nSPS) is 10.2. The Morgan fingerprint density at radius 1 is 1.19 bits per heavy atom. The van der Waals surface area contributed by atoms with E-state index in [0.717, 1.165) is 10.4 Å². The number of anilines is 1. The molecule has 0 atom stereocenters. The van der Waals surface area contributed by atoms with Gasteiger partial charge in [-0.3, -0.25) is 4.79 Å². The standard InChI is InChI=1S/C18H19NO7S/c1-4-25-18(23)15-10(2)16(11-5-7-12(24-3)8-6-11)27-17(15)19-26-14(22)9-13(20)21/h5-8,19H,4,9H2,1-3H3,(H,20,21). The Hall–Kier alpha value is -3.07. The van der Waals surface area contributed by atoms with E-state index in [4.69, 9.17) is 19.4 Å². The van der Waals surface area contributed by atoms with Crippen LogP contribution in [-0.4, -0.2) is 36.7 Å². The van der Waals surface area contributed by atoms with E-state index < -0.39 is 24.3 Å². The van der Waals surface area contributed by atoms with E-state index in [1.165, 1.54) is 11.3 Å². The van der Waals surface area contributed by atoms with Crippen LogP contribution >= 0.6 is 11.3 Å². The van der Waals surface area contributed by atoms with E-state index in [0.29, 0.717) is 11.3 Å². The molecule has 0 radical (unpaired) electrons. The highest BCUT2D eigenvalue weighted by Gasteiger charge is 2.24. The maximum absolute atomic E-state index is 12.3. The molecule has 0 fully saturated rings. The first-order chi connectivity index (χ1) is 12.9. The van der Waals surface area contributed by atoms with Gasteiger partial charge in [0.25, 0.3) is 0 Å². The van der Waals surface area contributed by atoms with Crippen LogP contribution in [0, 0.1) is 6.92 Å². The number of carboxylic acids is 1. The second-order valence-corrected chi connectivity index (χ2v) is 6.38. The number of ether oxygens (including phenoxy) is 2. The summed E-state index contributed by atoms with van der Waals surface area (Å²) in [5.74, 6) is -2.16. The molecule has 0 bridgehead atoms. The maximum Gasteiger partial charge on any atom is 0.343 e. The second-order valence-electron chi connectivity index (χ2n) is 5.36. The van der Waals surface area contributed by atoms with E-state index in [1.807, 2.05) is 12.1 Å². The van der Waals surface area contributed by atoms with Crippen molar-refractivity contribution in [3.8, 4) is 16.2 Å². The number of nitrogens with one attached hydrogen (secondary N) is 1. The summed E-state index contributed by atoms with van der Waals surface area (Å²) in [6.45, 7) is 3.63. The minimum absolute atomic E-state index is 0.185. The molecule has 0 aliphatic heterocycles. The number of carboxylic acid groups (broad SMARTS) is 1. The number of rotatable bonds is 8. The molecule has 2 aromatic rings. The Labute approximate surface area is 159 Å². The Morgan fingerprint density at radius 3 is 2.41 bits per heavy atom. The van der Waals surface area contributed by atoms with E-state index in [1.54, 1.807) is 33.1 Å². The topological polar surface area (TPSA) is 111 Å². The zero-order valence-electron chi connectivity index (χ0n) is 15.0. The van der Waals surface area contributed by atoms with Crippen LogP contribution in [0.2, 0.25) is 0 Å². The van der Waals surface area contributed by atoms with Gasteiger partial charge >= 0.3 is 17.9 Å². The average Bonchev–Trinajstić information content (AvgIpc) is 2.96. The van der Waals surface area contributed by atoms with Crippen molar-refractivity contribution in [2.24, 2.45) is 0 Å². The van der Waals surface area contributed by atoms with Gasteiger partial charge in [0.1, 0.15) is 22.7 Å². The lowest BCUT2D eigenvalue weighted by molar-refractivity contribution is -0.149. The quantitative estimate of drug-likeness (QED) is 0.399. The predicted molar refractivity (Wildman–Crippen MR) is 99.0 cm³/mol. The lowest BCUT2D eigenvalue weighted by Crippen LogP contribution is -2.15. The summed E-state index contributed by atoms with van der Waals surface area (Å²) in [5.41, 5.74) is 4.12. The third-order valence-corrected chi connectivity index (χ3v) is 4.77. The van der Waals surface area contributed by atoms with Crippen LogP contribution in [0.1, 0.15) is 29.3 Å². The zero-order chi connectivity index (χ0) is 20.0. The third-order valence-electron chi connectivity index (χ3n) is 3.53. The Kier molecular flexibility index (Phi) is 6.78. The molecule has 8 nitrogen and oxygen atoms in total. The van der Waals surface area contributed by atoms with Crippen LogP contribution in [-0.2, 0) is 19.2 Å².